The van der Waals surface area contributed by atoms with Gasteiger partial charge in [-0.1, -0.05) is 37.8 Å². The van der Waals surface area contributed by atoms with E-state index < -0.39 is 0 Å². The molecule has 2 atom stereocenters. The highest BCUT2D eigenvalue weighted by atomic mass is 15.0. The van der Waals surface area contributed by atoms with Gasteiger partial charge < -0.3 is 10.6 Å². The Balaban J connectivity index is 1.76. The highest BCUT2D eigenvalue weighted by molar-refractivity contribution is 5.21. The normalized spacial score (nSPS) is 30.5. The number of hydrogen-bond donors (Lipinski definition) is 2. The molecule has 2 fully saturated rings. The van der Waals surface area contributed by atoms with Crippen LogP contribution in [0.15, 0.2) is 23.9 Å². The van der Waals surface area contributed by atoms with E-state index in [1.54, 1.807) is 0 Å². The second kappa shape index (κ2) is 6.60. The molecule has 3 rings (SSSR count). The van der Waals surface area contributed by atoms with Crippen molar-refractivity contribution in [2.45, 2.75) is 57.4 Å². The summed E-state index contributed by atoms with van der Waals surface area (Å²) in [4.78, 5) is 0. The average molecular weight is 260 g/mol. The molecule has 2 nitrogen and oxygen atoms in total. The molecule has 2 aliphatic heterocycles. The zero-order valence-electron chi connectivity index (χ0n) is 12.0. The standard InChI is InChI=1S/C17H28N2/c1-2-8-14(9-3-1)17(15-10-4-6-12-18-15)16-11-5-7-13-19-16/h4,6,10,14,16-19H,1-3,5,7-9,11-13H2. The Labute approximate surface area is 117 Å². The summed E-state index contributed by atoms with van der Waals surface area (Å²) in [7, 11) is 0. The van der Waals surface area contributed by atoms with E-state index in [0.717, 1.165) is 18.4 Å². The summed E-state index contributed by atoms with van der Waals surface area (Å²) in [5.41, 5.74) is 1.51. The molecule has 1 saturated heterocycles. The van der Waals surface area contributed by atoms with Gasteiger partial charge in [-0.25, -0.2) is 0 Å². The van der Waals surface area contributed by atoms with Crippen molar-refractivity contribution in [3.05, 3.63) is 23.9 Å². The predicted octanol–water partition coefficient (Wildman–Crippen LogP) is 3.37. The Kier molecular flexibility index (Phi) is 4.60. The predicted molar refractivity (Wildman–Crippen MR) is 80.9 cm³/mol. The second-order valence-corrected chi connectivity index (χ2v) is 6.41. The zero-order valence-corrected chi connectivity index (χ0v) is 12.0. The van der Waals surface area contributed by atoms with E-state index in [0.29, 0.717) is 6.04 Å². The first-order chi connectivity index (χ1) is 9.45. The third-order valence-electron chi connectivity index (χ3n) is 5.13. The molecule has 0 radical (unpaired) electrons. The largest absolute Gasteiger partial charge is 0.385 e. The fraction of sp³-hybridized carbons (Fsp3) is 0.765. The van der Waals surface area contributed by atoms with Crippen LogP contribution in [0.5, 0.6) is 0 Å². The molecule has 0 aromatic carbocycles. The minimum absolute atomic E-state index is 0.710. The van der Waals surface area contributed by atoms with E-state index in [1.165, 1.54) is 63.6 Å². The maximum absolute atomic E-state index is 3.81. The number of dihydropyridines is 1. The van der Waals surface area contributed by atoms with Gasteiger partial charge in [0.2, 0.25) is 0 Å². The smallest absolute Gasteiger partial charge is 0.0330 e. The van der Waals surface area contributed by atoms with Crippen LogP contribution in [0.2, 0.25) is 0 Å². The second-order valence-electron chi connectivity index (χ2n) is 6.41. The van der Waals surface area contributed by atoms with Gasteiger partial charge in [-0.3, -0.25) is 0 Å². The summed E-state index contributed by atoms with van der Waals surface area (Å²) in [5, 5.41) is 7.46. The van der Waals surface area contributed by atoms with Crippen molar-refractivity contribution >= 4 is 0 Å². The van der Waals surface area contributed by atoms with E-state index >= 15 is 0 Å². The minimum atomic E-state index is 0.710. The molecule has 0 spiro atoms. The van der Waals surface area contributed by atoms with Crippen molar-refractivity contribution in [3.63, 3.8) is 0 Å². The molecule has 0 aromatic rings. The van der Waals surface area contributed by atoms with Gasteiger partial charge in [0.1, 0.15) is 0 Å². The monoisotopic (exact) mass is 260 g/mol. The number of piperidine rings is 1. The van der Waals surface area contributed by atoms with E-state index in [2.05, 4.69) is 28.9 Å². The lowest BCUT2D eigenvalue weighted by atomic mass is 9.73. The molecular formula is C17H28N2. The van der Waals surface area contributed by atoms with E-state index in [-0.39, 0.29) is 0 Å². The summed E-state index contributed by atoms with van der Waals surface area (Å²) < 4.78 is 0. The molecule has 2 heterocycles. The van der Waals surface area contributed by atoms with Crippen molar-refractivity contribution in [2.24, 2.45) is 11.8 Å². The Hall–Kier alpha value is -0.760. The molecule has 3 aliphatic rings. The maximum atomic E-state index is 3.81. The summed E-state index contributed by atoms with van der Waals surface area (Å²) in [6.45, 7) is 2.23. The van der Waals surface area contributed by atoms with Crippen molar-refractivity contribution in [3.8, 4) is 0 Å². The van der Waals surface area contributed by atoms with Crippen LogP contribution in [0.25, 0.3) is 0 Å². The molecule has 0 aromatic heterocycles. The Morgan fingerprint density at radius 1 is 1.00 bits per heavy atom. The highest BCUT2D eigenvalue weighted by Crippen LogP contribution is 2.37. The first-order valence-corrected chi connectivity index (χ1v) is 8.29. The molecule has 2 unspecified atom stereocenters. The first-order valence-electron chi connectivity index (χ1n) is 8.29. The van der Waals surface area contributed by atoms with Crippen molar-refractivity contribution in [1.82, 2.24) is 10.6 Å². The Morgan fingerprint density at radius 2 is 1.84 bits per heavy atom. The van der Waals surface area contributed by atoms with Gasteiger partial charge in [0.25, 0.3) is 0 Å². The van der Waals surface area contributed by atoms with Crippen molar-refractivity contribution in [1.29, 1.82) is 0 Å². The van der Waals surface area contributed by atoms with Crippen molar-refractivity contribution in [2.75, 3.05) is 13.1 Å². The molecule has 2 N–H and O–H groups in total. The number of nitrogens with one attached hydrogen (secondary N) is 2. The third-order valence-corrected chi connectivity index (χ3v) is 5.13. The third kappa shape index (κ3) is 3.22. The van der Waals surface area contributed by atoms with Crippen LogP contribution in [0.1, 0.15) is 51.4 Å². The zero-order chi connectivity index (χ0) is 12.9. The lowest BCUT2D eigenvalue weighted by Crippen LogP contribution is -2.46. The molecule has 1 aliphatic carbocycles. The fourth-order valence-electron chi connectivity index (χ4n) is 4.18. The molecule has 1 saturated carbocycles. The van der Waals surface area contributed by atoms with E-state index in [4.69, 9.17) is 0 Å². The first kappa shape index (κ1) is 13.2. The summed E-state index contributed by atoms with van der Waals surface area (Å²) in [6, 6.07) is 0.710. The van der Waals surface area contributed by atoms with Crippen LogP contribution in [0, 0.1) is 11.8 Å². The van der Waals surface area contributed by atoms with E-state index in [1.807, 2.05) is 0 Å². The van der Waals surface area contributed by atoms with Crippen LogP contribution < -0.4 is 10.6 Å². The van der Waals surface area contributed by atoms with Gasteiger partial charge in [-0.05, 0) is 44.2 Å². The number of rotatable bonds is 3. The van der Waals surface area contributed by atoms with Crippen LogP contribution in [-0.2, 0) is 0 Å². The quantitative estimate of drug-likeness (QED) is 0.813. The van der Waals surface area contributed by atoms with Gasteiger partial charge in [0, 0.05) is 24.2 Å². The molecule has 2 heteroatoms. The molecule has 0 amide bonds. The SMILES string of the molecule is C1=CCNC(C(C2CCCCC2)C2CCCCN2)=C1. The van der Waals surface area contributed by atoms with Gasteiger partial charge in [0.05, 0.1) is 0 Å². The molecular weight excluding hydrogens is 232 g/mol. The molecule has 19 heavy (non-hydrogen) atoms. The molecule has 0 bridgehead atoms. The van der Waals surface area contributed by atoms with Crippen LogP contribution in [-0.4, -0.2) is 19.1 Å². The van der Waals surface area contributed by atoms with Crippen LogP contribution >= 0.6 is 0 Å². The summed E-state index contributed by atoms with van der Waals surface area (Å²) >= 11 is 0. The lowest BCUT2D eigenvalue weighted by molar-refractivity contribution is 0.196. The Morgan fingerprint density at radius 3 is 2.53 bits per heavy atom. The highest BCUT2D eigenvalue weighted by Gasteiger charge is 2.33. The average Bonchev–Trinajstić information content (AvgIpc) is 2.51. The number of hydrogen-bond acceptors (Lipinski definition) is 2. The van der Waals surface area contributed by atoms with Gasteiger partial charge in [0.15, 0.2) is 0 Å². The summed E-state index contributed by atoms with van der Waals surface area (Å²) in [5.74, 6) is 1.63. The van der Waals surface area contributed by atoms with Crippen LogP contribution in [0.3, 0.4) is 0 Å². The van der Waals surface area contributed by atoms with E-state index in [9.17, 15) is 0 Å². The van der Waals surface area contributed by atoms with Crippen molar-refractivity contribution < 1.29 is 0 Å². The lowest BCUT2D eigenvalue weighted by Gasteiger charge is -2.40. The fourth-order valence-corrected chi connectivity index (χ4v) is 4.18. The Bertz CT molecular complexity index is 315. The van der Waals surface area contributed by atoms with Gasteiger partial charge in [-0.15, -0.1) is 0 Å². The van der Waals surface area contributed by atoms with Crippen LogP contribution in [0.4, 0.5) is 0 Å². The topological polar surface area (TPSA) is 24.1 Å². The minimum Gasteiger partial charge on any atom is -0.385 e. The van der Waals surface area contributed by atoms with Gasteiger partial charge >= 0.3 is 0 Å². The molecule has 106 valence electrons. The number of allylic oxidation sites excluding steroid dienone is 2. The maximum Gasteiger partial charge on any atom is 0.0330 e. The summed E-state index contributed by atoms with van der Waals surface area (Å²) in [6.07, 6.45) is 18.1. The van der Waals surface area contributed by atoms with Gasteiger partial charge in [-0.2, -0.15) is 0 Å².